The first-order valence-electron chi connectivity index (χ1n) is 7.08. The summed E-state index contributed by atoms with van der Waals surface area (Å²) in [4.78, 5) is 0. The van der Waals surface area contributed by atoms with Crippen LogP contribution in [0.1, 0.15) is 0 Å². The number of aliphatic hydroxyl groups excluding tert-OH is 8. The zero-order chi connectivity index (χ0) is 17.3. The molecule has 0 unspecified atom stereocenters. The van der Waals surface area contributed by atoms with Crippen molar-refractivity contribution in [2.45, 2.75) is 61.4 Å². The highest BCUT2D eigenvalue weighted by atomic mass is 16.7. The molecule has 0 aliphatic carbocycles. The fourth-order valence-corrected chi connectivity index (χ4v) is 2.57. The first kappa shape index (κ1) is 18.9. The van der Waals surface area contributed by atoms with E-state index in [0.29, 0.717) is 0 Å². The van der Waals surface area contributed by atoms with Crippen molar-refractivity contribution in [3.8, 4) is 0 Å². The predicted molar refractivity (Wildman–Crippen MR) is 68.6 cm³/mol. The smallest absolute Gasteiger partial charge is 0.187 e. The van der Waals surface area contributed by atoms with Crippen LogP contribution in [0.25, 0.3) is 0 Å². The lowest BCUT2D eigenvalue weighted by atomic mass is 9.97. The molecule has 23 heavy (non-hydrogen) atoms. The lowest BCUT2D eigenvalue weighted by Gasteiger charge is -2.45. The van der Waals surface area contributed by atoms with Crippen LogP contribution in [0.4, 0.5) is 0 Å². The third-order valence-electron chi connectivity index (χ3n) is 3.98. The maximum absolute atomic E-state index is 9.94. The summed E-state index contributed by atoms with van der Waals surface area (Å²) < 4.78 is 15.3. The van der Waals surface area contributed by atoms with Crippen molar-refractivity contribution in [2.24, 2.45) is 0 Å². The molecule has 2 aliphatic rings. The third kappa shape index (κ3) is 3.65. The summed E-state index contributed by atoms with van der Waals surface area (Å²) in [6.45, 7) is -1.35. The molecule has 2 rings (SSSR count). The lowest BCUT2D eigenvalue weighted by molar-refractivity contribution is -0.355. The molecule has 0 aromatic heterocycles. The molecular weight excluding hydrogens is 320 g/mol. The van der Waals surface area contributed by atoms with Gasteiger partial charge in [-0.2, -0.15) is 0 Å². The van der Waals surface area contributed by atoms with Gasteiger partial charge in [0, 0.05) is 0 Å². The van der Waals surface area contributed by atoms with Gasteiger partial charge >= 0.3 is 0 Å². The van der Waals surface area contributed by atoms with E-state index in [0.717, 1.165) is 0 Å². The number of hydrogen-bond donors (Lipinski definition) is 8. The maximum Gasteiger partial charge on any atom is 0.187 e. The van der Waals surface area contributed by atoms with Crippen molar-refractivity contribution in [3.63, 3.8) is 0 Å². The summed E-state index contributed by atoms with van der Waals surface area (Å²) in [5, 5.41) is 76.5. The molecule has 0 aromatic rings. The second-order valence-electron chi connectivity index (χ2n) is 5.53. The minimum atomic E-state index is -1.74. The SMILES string of the molecule is OC[C@H]1O[C@@H](O[C@H]2[C@H](O)[C@@H](O)[C@H](O)O[C@@H]2CO)[C@@H](O)[C@@H](O)[C@H]1O. The van der Waals surface area contributed by atoms with E-state index in [-0.39, 0.29) is 0 Å². The Balaban J connectivity index is 2.11. The second kappa shape index (κ2) is 7.63. The molecule has 0 saturated carbocycles. The largest absolute Gasteiger partial charge is 0.394 e. The fourth-order valence-electron chi connectivity index (χ4n) is 2.57. The van der Waals surface area contributed by atoms with Gasteiger partial charge < -0.3 is 55.1 Å². The molecule has 0 radical (unpaired) electrons. The molecule has 11 nitrogen and oxygen atoms in total. The van der Waals surface area contributed by atoms with Crippen LogP contribution in [0.5, 0.6) is 0 Å². The summed E-state index contributed by atoms with van der Waals surface area (Å²) in [6, 6.07) is 0. The Morgan fingerprint density at radius 3 is 1.83 bits per heavy atom. The van der Waals surface area contributed by atoms with Gasteiger partial charge in [0.15, 0.2) is 12.6 Å². The average Bonchev–Trinajstić information content (AvgIpc) is 2.55. The molecule has 2 fully saturated rings. The summed E-state index contributed by atoms with van der Waals surface area (Å²) in [5.41, 5.74) is 0. The highest BCUT2D eigenvalue weighted by Crippen LogP contribution is 2.28. The van der Waals surface area contributed by atoms with Crippen molar-refractivity contribution < 1.29 is 55.1 Å². The van der Waals surface area contributed by atoms with E-state index in [9.17, 15) is 35.7 Å². The summed E-state index contributed by atoms with van der Waals surface area (Å²) >= 11 is 0. The van der Waals surface area contributed by atoms with Gasteiger partial charge in [0.25, 0.3) is 0 Å². The third-order valence-corrected chi connectivity index (χ3v) is 3.98. The number of rotatable bonds is 4. The molecule has 10 atom stereocenters. The Morgan fingerprint density at radius 2 is 1.26 bits per heavy atom. The Morgan fingerprint density at radius 1 is 0.652 bits per heavy atom. The second-order valence-corrected chi connectivity index (χ2v) is 5.53. The molecule has 0 bridgehead atoms. The van der Waals surface area contributed by atoms with E-state index in [1.807, 2.05) is 0 Å². The van der Waals surface area contributed by atoms with Crippen LogP contribution >= 0.6 is 0 Å². The van der Waals surface area contributed by atoms with Crippen LogP contribution in [0, 0.1) is 0 Å². The van der Waals surface area contributed by atoms with E-state index < -0.39 is 74.6 Å². The summed E-state index contributed by atoms with van der Waals surface area (Å²) in [5.74, 6) is 0. The zero-order valence-corrected chi connectivity index (χ0v) is 12.0. The van der Waals surface area contributed by atoms with Crippen molar-refractivity contribution in [1.29, 1.82) is 0 Å². The Kier molecular flexibility index (Phi) is 6.27. The average molecular weight is 342 g/mol. The van der Waals surface area contributed by atoms with Crippen LogP contribution in [0.2, 0.25) is 0 Å². The van der Waals surface area contributed by atoms with Crippen molar-refractivity contribution >= 4 is 0 Å². The van der Waals surface area contributed by atoms with Gasteiger partial charge in [-0.15, -0.1) is 0 Å². The van der Waals surface area contributed by atoms with Gasteiger partial charge in [0.05, 0.1) is 13.2 Å². The topological polar surface area (TPSA) is 190 Å². The molecule has 136 valence electrons. The minimum absolute atomic E-state index is 0.667. The highest BCUT2D eigenvalue weighted by Gasteiger charge is 2.50. The number of ether oxygens (including phenoxy) is 3. The summed E-state index contributed by atoms with van der Waals surface area (Å²) in [7, 11) is 0. The Labute approximate surface area is 130 Å². The predicted octanol–water partition coefficient (Wildman–Crippen LogP) is -5.40. The van der Waals surface area contributed by atoms with Gasteiger partial charge in [0.2, 0.25) is 0 Å². The van der Waals surface area contributed by atoms with Crippen molar-refractivity contribution in [3.05, 3.63) is 0 Å². The van der Waals surface area contributed by atoms with Crippen LogP contribution in [-0.4, -0.2) is 115 Å². The van der Waals surface area contributed by atoms with Gasteiger partial charge in [-0.3, -0.25) is 0 Å². The quantitative estimate of drug-likeness (QED) is 0.243. The molecule has 11 heteroatoms. The molecule has 2 aliphatic heterocycles. The van der Waals surface area contributed by atoms with Crippen LogP contribution in [-0.2, 0) is 14.2 Å². The number of aliphatic hydroxyl groups is 8. The molecule has 0 spiro atoms. The van der Waals surface area contributed by atoms with Gasteiger partial charge in [-0.1, -0.05) is 0 Å². The molecule has 2 saturated heterocycles. The Hall–Kier alpha value is -0.440. The Bertz CT molecular complexity index is 378. The first-order valence-corrected chi connectivity index (χ1v) is 7.08. The molecule has 8 N–H and O–H groups in total. The standard InChI is InChI=1S/C12H22O11/c13-1-3-5(15)6(16)9(19)12(22-3)23-10-4(2-14)21-11(20)8(18)7(10)17/h3-20H,1-2H2/t3-,4-,5+,6+,7-,8-,9+,10-,11-,12+/m1/s1. The summed E-state index contributed by atoms with van der Waals surface area (Å²) in [6.07, 6.45) is -15.6. The fraction of sp³-hybridized carbons (Fsp3) is 1.00. The zero-order valence-electron chi connectivity index (χ0n) is 12.0. The molecule has 0 aromatic carbocycles. The van der Waals surface area contributed by atoms with E-state index in [1.54, 1.807) is 0 Å². The minimum Gasteiger partial charge on any atom is -0.394 e. The van der Waals surface area contributed by atoms with Gasteiger partial charge in [0.1, 0.15) is 48.8 Å². The number of hydrogen-bond acceptors (Lipinski definition) is 11. The normalized spacial score (nSPS) is 51.7. The van der Waals surface area contributed by atoms with Gasteiger partial charge in [-0.05, 0) is 0 Å². The van der Waals surface area contributed by atoms with E-state index in [1.165, 1.54) is 0 Å². The van der Waals surface area contributed by atoms with Crippen molar-refractivity contribution in [2.75, 3.05) is 13.2 Å². The highest BCUT2D eigenvalue weighted by molar-refractivity contribution is 4.93. The van der Waals surface area contributed by atoms with E-state index >= 15 is 0 Å². The lowest BCUT2D eigenvalue weighted by Crippen LogP contribution is -2.64. The van der Waals surface area contributed by atoms with Crippen molar-refractivity contribution in [1.82, 2.24) is 0 Å². The van der Waals surface area contributed by atoms with E-state index in [4.69, 9.17) is 19.3 Å². The van der Waals surface area contributed by atoms with Crippen LogP contribution < -0.4 is 0 Å². The molecular formula is C12H22O11. The van der Waals surface area contributed by atoms with Gasteiger partial charge in [-0.25, -0.2) is 0 Å². The van der Waals surface area contributed by atoms with Crippen LogP contribution in [0.3, 0.4) is 0 Å². The molecule has 2 heterocycles. The monoisotopic (exact) mass is 342 g/mol. The molecule has 0 amide bonds. The first-order chi connectivity index (χ1) is 10.8. The van der Waals surface area contributed by atoms with Crippen LogP contribution in [0.15, 0.2) is 0 Å². The maximum atomic E-state index is 9.94. The van der Waals surface area contributed by atoms with E-state index in [2.05, 4.69) is 0 Å².